The molecule has 0 rings (SSSR count). The summed E-state index contributed by atoms with van der Waals surface area (Å²) in [6, 6.07) is 0. The van der Waals surface area contributed by atoms with Crippen LogP contribution in [0.1, 0.15) is 13.8 Å². The summed E-state index contributed by atoms with van der Waals surface area (Å²) in [6.07, 6.45) is 0. The van der Waals surface area contributed by atoms with Crippen LogP contribution in [-0.4, -0.2) is 23.5 Å². The van der Waals surface area contributed by atoms with Crippen molar-refractivity contribution in [2.45, 2.75) is 24.3 Å². The fourth-order valence-electron chi connectivity index (χ4n) is 0.387. The van der Waals surface area contributed by atoms with Gasteiger partial charge in [0.05, 0.1) is 16.4 Å². The predicted octanol–water partition coefficient (Wildman–Crippen LogP) is -0.0752. The number of halogens is 1. The molecule has 0 aromatic heterocycles. The van der Waals surface area contributed by atoms with Gasteiger partial charge in [0.2, 0.25) is 0 Å². The Bertz CT molecular complexity index is 133. The highest BCUT2D eigenvalue weighted by atomic mass is 79.9. The Morgan fingerprint density at radius 2 is 2.10 bits per heavy atom. The number of alkyl halides is 1. The Balaban J connectivity index is 4.17. The second-order valence-corrected chi connectivity index (χ2v) is 3.40. The van der Waals surface area contributed by atoms with E-state index in [4.69, 9.17) is 4.74 Å². The minimum absolute atomic E-state index is 0.723. The number of carboxylic acid groups (broad SMARTS) is 1. The maximum Gasteiger partial charge on any atom is 0.0825 e. The Morgan fingerprint density at radius 1 is 1.70 bits per heavy atom. The van der Waals surface area contributed by atoms with E-state index in [-0.39, 0.29) is 0 Å². The van der Waals surface area contributed by atoms with Crippen LogP contribution in [0.25, 0.3) is 0 Å². The average Bonchev–Trinajstić information content (AvgIpc) is 1.86. The van der Waals surface area contributed by atoms with Crippen molar-refractivity contribution in [2.24, 2.45) is 0 Å². The summed E-state index contributed by atoms with van der Waals surface area (Å²) in [5.74, 6) is -1.16. The van der Waals surface area contributed by atoms with Gasteiger partial charge in [-0.2, -0.15) is 0 Å². The van der Waals surface area contributed by atoms with E-state index in [1.165, 1.54) is 7.11 Å². The van der Waals surface area contributed by atoms with E-state index >= 15 is 0 Å². The van der Waals surface area contributed by atoms with Crippen molar-refractivity contribution in [3.63, 3.8) is 0 Å². The van der Waals surface area contributed by atoms with Crippen LogP contribution in [0.3, 0.4) is 0 Å². The molecule has 60 valence electrons. The van der Waals surface area contributed by atoms with Crippen molar-refractivity contribution in [3.05, 3.63) is 0 Å². The molecule has 0 aliphatic rings. The summed E-state index contributed by atoms with van der Waals surface area (Å²) in [7, 11) is 1.46. The normalized spacial score (nSPS) is 14.8. The highest BCUT2D eigenvalue weighted by molar-refractivity contribution is 9.10. The summed E-state index contributed by atoms with van der Waals surface area (Å²) in [6.45, 7) is 3.34. The molecule has 0 unspecified atom stereocenters. The maximum atomic E-state index is 10.3. The highest BCUT2D eigenvalue weighted by Crippen LogP contribution is 2.19. The van der Waals surface area contributed by atoms with Crippen LogP contribution in [0.5, 0.6) is 0 Å². The number of rotatable bonds is 3. The first-order chi connectivity index (χ1) is 4.41. The summed E-state index contributed by atoms with van der Waals surface area (Å²) in [5, 5.41) is 10.3. The zero-order valence-corrected chi connectivity index (χ0v) is 7.77. The van der Waals surface area contributed by atoms with E-state index < -0.39 is 16.4 Å². The maximum absolute atomic E-state index is 10.3. The summed E-state index contributed by atoms with van der Waals surface area (Å²) in [4.78, 5) is 9.49. The Labute approximate surface area is 68.5 Å². The molecular formula is C6H10BrO3-. The number of methoxy groups -OCH3 is 1. The van der Waals surface area contributed by atoms with Crippen LogP contribution >= 0.6 is 15.9 Å². The van der Waals surface area contributed by atoms with Crippen LogP contribution in [-0.2, 0) is 9.53 Å². The van der Waals surface area contributed by atoms with Gasteiger partial charge in [0.1, 0.15) is 0 Å². The molecule has 0 aliphatic carbocycles. The molecule has 0 fully saturated rings. The van der Waals surface area contributed by atoms with Gasteiger partial charge < -0.3 is 14.6 Å². The zero-order valence-electron chi connectivity index (χ0n) is 6.18. The average molecular weight is 210 g/mol. The molecular weight excluding hydrogens is 200 g/mol. The summed E-state index contributed by atoms with van der Waals surface area (Å²) >= 11 is 2.94. The molecule has 0 heterocycles. The molecule has 0 bridgehead atoms. The molecule has 3 nitrogen and oxygen atoms in total. The van der Waals surface area contributed by atoms with Gasteiger partial charge in [-0.05, 0) is 13.8 Å². The largest absolute Gasteiger partial charge is 0.549 e. The Kier molecular flexibility index (Phi) is 3.31. The number of carboxylic acids is 1. The third kappa shape index (κ3) is 2.27. The molecule has 1 atom stereocenters. The van der Waals surface area contributed by atoms with Crippen molar-refractivity contribution < 1.29 is 14.6 Å². The smallest absolute Gasteiger partial charge is 0.0825 e. The number of aliphatic carboxylic acids is 1. The van der Waals surface area contributed by atoms with Gasteiger partial charge in [0.25, 0.3) is 0 Å². The van der Waals surface area contributed by atoms with Crippen LogP contribution in [0.4, 0.5) is 0 Å². The molecule has 0 N–H and O–H groups in total. The van der Waals surface area contributed by atoms with Crippen molar-refractivity contribution in [3.8, 4) is 0 Å². The molecule has 0 aromatic carbocycles. The van der Waals surface area contributed by atoms with Gasteiger partial charge >= 0.3 is 0 Å². The van der Waals surface area contributed by atoms with Crippen molar-refractivity contribution >= 4 is 21.9 Å². The van der Waals surface area contributed by atoms with Gasteiger partial charge in [-0.25, -0.2) is 0 Å². The van der Waals surface area contributed by atoms with E-state index in [1.807, 2.05) is 0 Å². The van der Waals surface area contributed by atoms with E-state index in [2.05, 4.69) is 15.9 Å². The molecule has 4 heteroatoms. The monoisotopic (exact) mass is 209 g/mol. The number of carbonyl (C=O) groups excluding carboxylic acids is 1. The highest BCUT2D eigenvalue weighted by Gasteiger charge is 2.27. The molecule has 0 aromatic rings. The lowest BCUT2D eigenvalue weighted by Crippen LogP contribution is -2.46. The minimum atomic E-state index is -1.16. The minimum Gasteiger partial charge on any atom is -0.549 e. The van der Waals surface area contributed by atoms with Gasteiger partial charge in [-0.3, -0.25) is 0 Å². The van der Waals surface area contributed by atoms with Gasteiger partial charge in [-0.1, -0.05) is 15.9 Å². The summed E-state index contributed by atoms with van der Waals surface area (Å²) < 4.78 is 4.89. The fraction of sp³-hybridized carbons (Fsp3) is 0.833. The Hall–Kier alpha value is -0.0900. The number of hydrogen-bond donors (Lipinski definition) is 0. The quantitative estimate of drug-likeness (QED) is 0.612. The molecule has 0 saturated heterocycles. The van der Waals surface area contributed by atoms with Crippen molar-refractivity contribution in [1.29, 1.82) is 0 Å². The molecule has 0 saturated carbocycles. The molecule has 10 heavy (non-hydrogen) atoms. The summed E-state index contributed by atoms with van der Waals surface area (Å²) in [5.41, 5.74) is -0.723. The van der Waals surface area contributed by atoms with Crippen LogP contribution in [0.15, 0.2) is 0 Å². The first kappa shape index (κ1) is 9.91. The van der Waals surface area contributed by atoms with Gasteiger partial charge in [0.15, 0.2) is 0 Å². The van der Waals surface area contributed by atoms with Crippen molar-refractivity contribution in [2.75, 3.05) is 7.11 Å². The molecule has 0 spiro atoms. The fourth-order valence-corrected chi connectivity index (χ4v) is 0.574. The van der Waals surface area contributed by atoms with Gasteiger partial charge in [0, 0.05) is 7.11 Å². The zero-order chi connectivity index (χ0) is 8.36. The molecule has 0 radical (unpaired) electrons. The standard InChI is InChI=1S/C6H11BrO3/c1-6(2,10-3)4(7)5(8)9/h4H,1-3H3,(H,8,9)/p-1/t4-/m0/s1. The predicted molar refractivity (Wildman–Crippen MR) is 38.8 cm³/mol. The third-order valence-electron chi connectivity index (χ3n) is 1.34. The number of ether oxygens (including phenoxy) is 1. The van der Waals surface area contributed by atoms with Gasteiger partial charge in [-0.15, -0.1) is 0 Å². The first-order valence-corrected chi connectivity index (χ1v) is 3.73. The second kappa shape index (κ2) is 3.34. The first-order valence-electron chi connectivity index (χ1n) is 2.82. The van der Waals surface area contributed by atoms with E-state index in [0.29, 0.717) is 0 Å². The van der Waals surface area contributed by atoms with E-state index in [1.54, 1.807) is 13.8 Å². The topological polar surface area (TPSA) is 49.4 Å². The molecule has 0 amide bonds. The van der Waals surface area contributed by atoms with Crippen LogP contribution < -0.4 is 5.11 Å². The lowest BCUT2D eigenvalue weighted by Gasteiger charge is -2.29. The lowest BCUT2D eigenvalue weighted by atomic mass is 10.1. The van der Waals surface area contributed by atoms with Crippen molar-refractivity contribution in [1.82, 2.24) is 0 Å². The molecule has 0 aliphatic heterocycles. The number of hydrogen-bond acceptors (Lipinski definition) is 3. The lowest BCUT2D eigenvalue weighted by molar-refractivity contribution is -0.307. The Morgan fingerprint density at radius 3 is 2.20 bits per heavy atom. The number of carbonyl (C=O) groups is 1. The SMILES string of the molecule is COC(C)(C)[C@@H](Br)C(=O)[O-]. The second-order valence-electron chi connectivity index (χ2n) is 2.49. The van der Waals surface area contributed by atoms with Crippen LogP contribution in [0.2, 0.25) is 0 Å². The third-order valence-corrected chi connectivity index (χ3v) is 2.82. The van der Waals surface area contributed by atoms with Crippen LogP contribution in [0, 0.1) is 0 Å². The van der Waals surface area contributed by atoms with E-state index in [0.717, 1.165) is 0 Å². The van der Waals surface area contributed by atoms with E-state index in [9.17, 15) is 9.90 Å².